The summed E-state index contributed by atoms with van der Waals surface area (Å²) in [6, 6.07) is 9.83. The van der Waals surface area contributed by atoms with E-state index >= 15 is 0 Å². The number of methoxy groups -OCH3 is 2. The fourth-order valence-electron chi connectivity index (χ4n) is 4.83. The number of amidine groups is 1. The molecule has 2 heterocycles. The zero-order chi connectivity index (χ0) is 18.8. The molecule has 1 aliphatic carbocycles. The number of nitrogens with zero attached hydrogens (tertiary/aromatic N) is 3. The molecule has 0 radical (unpaired) electrons. The second-order valence-corrected chi connectivity index (χ2v) is 6.69. The summed E-state index contributed by atoms with van der Waals surface area (Å²) in [5, 5.41) is 20.3. The summed E-state index contributed by atoms with van der Waals surface area (Å²) in [4.78, 5) is 4.28. The van der Waals surface area contributed by atoms with Gasteiger partial charge < -0.3 is 24.7 Å². The minimum atomic E-state index is -1.57. The number of ether oxygens (including phenoxy) is 4. The highest BCUT2D eigenvalue weighted by Crippen LogP contribution is 2.85. The van der Waals surface area contributed by atoms with Crippen molar-refractivity contribution in [2.45, 2.75) is 18.2 Å². The van der Waals surface area contributed by atoms with Crippen LogP contribution in [-0.2, 0) is 14.9 Å². The van der Waals surface area contributed by atoms with Gasteiger partial charge in [-0.05, 0) is 17.7 Å². The number of nitriles is 2. The van der Waals surface area contributed by atoms with Gasteiger partial charge in [-0.1, -0.05) is 13.0 Å². The maximum absolute atomic E-state index is 10.2. The van der Waals surface area contributed by atoms with Crippen molar-refractivity contribution in [3.8, 4) is 23.6 Å². The van der Waals surface area contributed by atoms with Gasteiger partial charge in [0.15, 0.2) is 22.3 Å². The van der Waals surface area contributed by atoms with E-state index < -0.39 is 22.2 Å². The van der Waals surface area contributed by atoms with Gasteiger partial charge >= 0.3 is 0 Å². The minimum Gasteiger partial charge on any atom is -0.493 e. The van der Waals surface area contributed by atoms with Crippen molar-refractivity contribution in [3.05, 3.63) is 23.8 Å². The first-order valence-corrected chi connectivity index (χ1v) is 8.13. The van der Waals surface area contributed by atoms with Gasteiger partial charge in [0.2, 0.25) is 0 Å². The summed E-state index contributed by atoms with van der Waals surface area (Å²) in [6.07, 6.45) is 0. The molecule has 3 atom stereocenters. The first-order chi connectivity index (χ1) is 12.4. The molecule has 2 aliphatic heterocycles. The molecule has 1 aromatic carbocycles. The van der Waals surface area contributed by atoms with Gasteiger partial charge in [-0.3, -0.25) is 0 Å². The molecule has 26 heavy (non-hydrogen) atoms. The Bertz CT molecular complexity index is 911. The van der Waals surface area contributed by atoms with Crippen LogP contribution in [0.5, 0.6) is 11.5 Å². The van der Waals surface area contributed by atoms with Crippen molar-refractivity contribution in [3.63, 3.8) is 0 Å². The van der Waals surface area contributed by atoms with Gasteiger partial charge in [-0.2, -0.15) is 10.5 Å². The van der Waals surface area contributed by atoms with Crippen LogP contribution >= 0.6 is 0 Å². The van der Waals surface area contributed by atoms with Crippen LogP contribution in [0.4, 0.5) is 0 Å². The Hall–Kier alpha value is -2.81. The average Bonchev–Trinajstić information content (AvgIpc) is 2.94. The predicted octanol–water partition coefficient (Wildman–Crippen LogP) is 1.07. The van der Waals surface area contributed by atoms with E-state index in [1.165, 1.54) is 7.11 Å². The summed E-state index contributed by atoms with van der Waals surface area (Å²) in [7, 11) is 3.07. The number of fused-ring (bicyclic) bond motifs is 2. The highest BCUT2D eigenvalue weighted by molar-refractivity contribution is 6.02. The number of hydrogen-bond donors (Lipinski definition) is 1. The number of hydrogen-bond acceptors (Lipinski definition) is 8. The molecule has 1 saturated heterocycles. The largest absolute Gasteiger partial charge is 0.493 e. The van der Waals surface area contributed by atoms with E-state index in [0.717, 1.165) is 0 Å². The first kappa shape index (κ1) is 16.6. The topological polar surface area (TPSA) is 123 Å². The third-order valence-electron chi connectivity index (χ3n) is 6.10. The lowest BCUT2D eigenvalue weighted by Crippen LogP contribution is -2.42. The van der Waals surface area contributed by atoms with Crippen molar-refractivity contribution in [2.24, 2.45) is 21.6 Å². The normalized spacial score (nSPS) is 36.0. The van der Waals surface area contributed by atoms with Gasteiger partial charge in [0.05, 0.1) is 39.6 Å². The molecule has 4 rings (SSSR count). The van der Waals surface area contributed by atoms with Crippen LogP contribution in [0.25, 0.3) is 0 Å². The van der Waals surface area contributed by atoms with E-state index in [1.54, 1.807) is 25.3 Å². The van der Waals surface area contributed by atoms with Gasteiger partial charge in [-0.15, -0.1) is 0 Å². The lowest BCUT2D eigenvalue weighted by Gasteiger charge is -2.29. The molecular formula is C18H18N4O4. The quantitative estimate of drug-likeness (QED) is 0.861. The molecule has 3 aliphatic rings. The maximum Gasteiger partial charge on any atom is 0.293 e. The van der Waals surface area contributed by atoms with Crippen LogP contribution in [0.1, 0.15) is 12.5 Å². The Morgan fingerprint density at radius 3 is 2.31 bits per heavy atom. The molecule has 2 fully saturated rings. The summed E-state index contributed by atoms with van der Waals surface area (Å²) in [5.41, 5.74) is 3.16. The lowest BCUT2D eigenvalue weighted by molar-refractivity contribution is -0.187. The summed E-state index contributed by atoms with van der Waals surface area (Å²) in [6.45, 7) is 2.38. The standard InChI is InChI=1S/C18H18N4O4/c1-15(11-4-5-12(23-2)13(8-11)24-3)16(9-19)14(21)22-18(17(15,16)10-20)25-6-7-26-18/h4-5,8H,6-7H2,1-3H3,(H2,21,22)/t15-,16+,17-/m1/s1. The maximum atomic E-state index is 10.2. The van der Waals surface area contributed by atoms with E-state index in [-0.39, 0.29) is 19.0 Å². The van der Waals surface area contributed by atoms with Gasteiger partial charge in [-0.25, -0.2) is 4.99 Å². The molecule has 1 spiro atoms. The van der Waals surface area contributed by atoms with E-state index in [1.807, 2.05) is 6.92 Å². The van der Waals surface area contributed by atoms with Crippen LogP contribution < -0.4 is 15.2 Å². The first-order valence-electron chi connectivity index (χ1n) is 8.13. The number of aliphatic imine (C=N–C) groups is 1. The smallest absolute Gasteiger partial charge is 0.293 e. The summed E-state index contributed by atoms with van der Waals surface area (Å²) >= 11 is 0. The third kappa shape index (κ3) is 1.34. The number of rotatable bonds is 3. The number of nitrogens with two attached hydrogens (primary N) is 1. The fraction of sp³-hybridized carbons (Fsp3) is 0.500. The molecule has 0 amide bonds. The molecule has 1 saturated carbocycles. The highest BCUT2D eigenvalue weighted by atomic mass is 16.8. The van der Waals surface area contributed by atoms with Crippen LogP contribution in [0, 0.1) is 33.5 Å². The van der Waals surface area contributed by atoms with Gasteiger partial charge in [0, 0.05) is 5.41 Å². The third-order valence-corrected chi connectivity index (χ3v) is 6.10. The molecule has 0 unspecified atom stereocenters. The second-order valence-electron chi connectivity index (χ2n) is 6.69. The van der Waals surface area contributed by atoms with Crippen LogP contribution in [0.15, 0.2) is 23.2 Å². The molecule has 8 nitrogen and oxygen atoms in total. The number of benzene rings is 1. The van der Waals surface area contributed by atoms with Gasteiger partial charge in [0.25, 0.3) is 5.91 Å². The van der Waals surface area contributed by atoms with E-state index in [0.29, 0.717) is 17.1 Å². The Labute approximate surface area is 150 Å². The van der Waals surface area contributed by atoms with Crippen molar-refractivity contribution in [1.29, 1.82) is 10.5 Å². The van der Waals surface area contributed by atoms with Gasteiger partial charge in [0.1, 0.15) is 5.84 Å². The van der Waals surface area contributed by atoms with Crippen LogP contribution in [0.3, 0.4) is 0 Å². The van der Waals surface area contributed by atoms with Crippen molar-refractivity contribution in [2.75, 3.05) is 27.4 Å². The Kier molecular flexibility index (Phi) is 3.12. The monoisotopic (exact) mass is 354 g/mol. The lowest BCUT2D eigenvalue weighted by atomic mass is 9.84. The molecule has 134 valence electrons. The van der Waals surface area contributed by atoms with E-state index in [2.05, 4.69) is 17.1 Å². The molecule has 1 aromatic rings. The molecule has 0 bridgehead atoms. The van der Waals surface area contributed by atoms with Crippen molar-refractivity contribution in [1.82, 2.24) is 0 Å². The Morgan fingerprint density at radius 1 is 1.12 bits per heavy atom. The summed E-state index contributed by atoms with van der Waals surface area (Å²) < 4.78 is 22.2. The minimum absolute atomic E-state index is 0.0562. The highest BCUT2D eigenvalue weighted by Gasteiger charge is 3.00. The second kappa shape index (κ2) is 4.88. The van der Waals surface area contributed by atoms with E-state index in [4.69, 9.17) is 24.7 Å². The van der Waals surface area contributed by atoms with Crippen molar-refractivity contribution >= 4 is 5.84 Å². The zero-order valence-electron chi connectivity index (χ0n) is 14.7. The van der Waals surface area contributed by atoms with Crippen LogP contribution in [-0.4, -0.2) is 39.2 Å². The van der Waals surface area contributed by atoms with Crippen molar-refractivity contribution < 1.29 is 18.9 Å². The Morgan fingerprint density at radius 2 is 1.77 bits per heavy atom. The SMILES string of the molecule is COc1ccc([C@]2(C)[C@]3(C#N)C(N)=NC4(OCCO4)[C@@]32C#N)cc1OC. The predicted molar refractivity (Wildman–Crippen MR) is 89.2 cm³/mol. The summed E-state index contributed by atoms with van der Waals surface area (Å²) in [5.74, 6) is -0.466. The Balaban J connectivity index is 1.97. The molecule has 2 N–H and O–H groups in total. The average molecular weight is 354 g/mol. The zero-order valence-corrected chi connectivity index (χ0v) is 14.7. The molecule has 8 heteroatoms. The molecule has 0 aromatic heterocycles. The van der Waals surface area contributed by atoms with Crippen LogP contribution in [0.2, 0.25) is 0 Å². The van der Waals surface area contributed by atoms with E-state index in [9.17, 15) is 10.5 Å². The molecular weight excluding hydrogens is 336 g/mol. The fourth-order valence-corrected chi connectivity index (χ4v) is 4.83.